The highest BCUT2D eigenvalue weighted by Gasteiger charge is 2.52. The zero-order chi connectivity index (χ0) is 41.7. The number of rotatable bonds is 8. The van der Waals surface area contributed by atoms with Crippen LogP contribution in [0.4, 0.5) is 0 Å². The summed E-state index contributed by atoms with van der Waals surface area (Å²) < 4.78 is 25.6. The fourth-order valence-corrected chi connectivity index (χ4v) is 12.9. The van der Waals surface area contributed by atoms with Crippen LogP contribution in [0.3, 0.4) is 0 Å². The van der Waals surface area contributed by atoms with Crippen LogP contribution in [0.1, 0.15) is 129 Å². The van der Waals surface area contributed by atoms with Gasteiger partial charge in [-0.05, 0) is 125 Å². The van der Waals surface area contributed by atoms with Crippen molar-refractivity contribution in [1.29, 1.82) is 0 Å². The van der Waals surface area contributed by atoms with Crippen molar-refractivity contribution < 1.29 is 9.47 Å². The van der Waals surface area contributed by atoms with Gasteiger partial charge in [-0.1, -0.05) is 118 Å². The summed E-state index contributed by atoms with van der Waals surface area (Å²) in [6.45, 7) is 27.4. The number of nitrogens with zero attached hydrogens (tertiary/aromatic N) is 2. The summed E-state index contributed by atoms with van der Waals surface area (Å²) in [5.74, 6) is 3.56. The highest BCUT2D eigenvalue weighted by atomic mass is 32.1. The van der Waals surface area contributed by atoms with Gasteiger partial charge < -0.3 is 9.47 Å². The van der Waals surface area contributed by atoms with Crippen molar-refractivity contribution in [3.8, 4) is 53.3 Å². The van der Waals surface area contributed by atoms with Crippen molar-refractivity contribution >= 4 is 45.4 Å². The number of fused-ring (bicyclic) bond motifs is 2. The lowest BCUT2D eigenvalue weighted by atomic mass is 9.67. The molecule has 1 aliphatic heterocycles. The molecule has 4 nitrogen and oxygen atoms in total. The molecule has 9 rings (SSSR count). The van der Waals surface area contributed by atoms with Crippen LogP contribution >= 0.6 is 34.4 Å². The molecule has 59 heavy (non-hydrogen) atoms. The predicted molar refractivity (Wildman–Crippen MR) is 253 cm³/mol. The zero-order valence-electron chi connectivity index (χ0n) is 36.5. The molecule has 2 aliphatic carbocycles. The van der Waals surface area contributed by atoms with Crippen molar-refractivity contribution in [2.24, 2.45) is 11.8 Å². The van der Waals surface area contributed by atoms with E-state index >= 15 is 0 Å². The van der Waals surface area contributed by atoms with E-state index in [1.54, 1.807) is 0 Å². The standard InChI is InChI=1S/C52H56N2O2S3/c1-27(2)33-15-13-16-34(28(3)4)42(33)37-19-21-39(57-37)44-46-47(54-59-53-46)45(40-22-20-38(58-40)43-35(29(5)6)17-14-18-36(43)30(7)8)49-48(44)55-51(11)25-23-31(9)41-32(10)24-26-52(12,56-49)50(41)51/h13-32H,1-12H3. The minimum Gasteiger partial charge on any atom is -0.474 e. The van der Waals surface area contributed by atoms with E-state index in [0.717, 1.165) is 43.4 Å². The number of thiophene rings is 2. The predicted octanol–water partition coefficient (Wildman–Crippen LogP) is 16.0. The number of hydrogen-bond donors (Lipinski definition) is 0. The van der Waals surface area contributed by atoms with E-state index < -0.39 is 11.2 Å². The molecule has 3 aromatic heterocycles. The van der Waals surface area contributed by atoms with Gasteiger partial charge in [-0.25, -0.2) is 0 Å². The SMILES string of the molecule is CC1C=CC2(C)Oc3c(c(-c4ccc(-c5c(C(C)C)cccc5C(C)C)s4)c4nsnc4c3-c3ccc(-c4c(C(C)C)cccc4C(C)C)s3)OC3(C)C=CC(C)C1=C23. The molecular weight excluding hydrogens is 781 g/mol. The third-order valence-electron chi connectivity index (χ3n) is 12.9. The van der Waals surface area contributed by atoms with E-state index in [0.29, 0.717) is 23.7 Å². The van der Waals surface area contributed by atoms with Crippen LogP contribution in [0.2, 0.25) is 0 Å². The number of benzene rings is 3. The molecule has 0 fully saturated rings. The van der Waals surface area contributed by atoms with Gasteiger partial charge in [0, 0.05) is 25.1 Å². The van der Waals surface area contributed by atoms with Crippen molar-refractivity contribution in [3.63, 3.8) is 0 Å². The van der Waals surface area contributed by atoms with Crippen molar-refractivity contribution in [2.45, 2.75) is 118 Å². The molecule has 304 valence electrons. The fraction of sp³-hybridized carbons (Fsp3) is 0.385. The van der Waals surface area contributed by atoms with Crippen LogP contribution in [0, 0.1) is 11.8 Å². The molecule has 4 unspecified atom stereocenters. The first-order chi connectivity index (χ1) is 28.1. The summed E-state index contributed by atoms with van der Waals surface area (Å²) in [4.78, 5) is 4.71. The quantitative estimate of drug-likeness (QED) is 0.143. The number of allylic oxidation sites excluding steroid dienone is 3. The Kier molecular flexibility index (Phi) is 10.0. The van der Waals surface area contributed by atoms with Crippen LogP contribution in [-0.4, -0.2) is 19.9 Å². The van der Waals surface area contributed by atoms with Gasteiger partial charge in [-0.15, -0.1) is 22.7 Å². The van der Waals surface area contributed by atoms with Gasteiger partial charge in [0.15, 0.2) is 22.7 Å². The minimum atomic E-state index is -0.748. The van der Waals surface area contributed by atoms with Gasteiger partial charge >= 0.3 is 0 Å². The first kappa shape index (κ1) is 40.1. The summed E-state index contributed by atoms with van der Waals surface area (Å²) in [6, 6.07) is 22.8. The second-order valence-corrected chi connectivity index (χ2v) is 21.2. The number of ether oxygens (including phenoxy) is 2. The smallest absolute Gasteiger partial charge is 0.174 e. The second-order valence-electron chi connectivity index (χ2n) is 18.5. The lowest BCUT2D eigenvalue weighted by Gasteiger charge is -2.45. The van der Waals surface area contributed by atoms with Crippen LogP contribution in [-0.2, 0) is 0 Å². The fourth-order valence-electron chi connectivity index (χ4n) is 10.1. The van der Waals surface area contributed by atoms with E-state index in [1.165, 1.54) is 66.0 Å². The molecule has 0 spiro atoms. The molecule has 0 amide bonds. The van der Waals surface area contributed by atoms with Gasteiger partial charge in [-0.3, -0.25) is 0 Å². The van der Waals surface area contributed by atoms with Gasteiger partial charge in [0.1, 0.15) is 11.0 Å². The van der Waals surface area contributed by atoms with E-state index in [-0.39, 0.29) is 11.8 Å². The second kappa shape index (κ2) is 14.7. The molecule has 0 N–H and O–H groups in total. The average Bonchev–Trinajstić information content (AvgIpc) is 3.98. The Balaban J connectivity index is 1.33. The van der Waals surface area contributed by atoms with Gasteiger partial charge in [0.05, 0.1) is 22.9 Å². The van der Waals surface area contributed by atoms with Crippen molar-refractivity contribution in [1.82, 2.24) is 8.75 Å². The maximum Gasteiger partial charge on any atom is 0.174 e. The molecule has 0 saturated heterocycles. The molecule has 4 atom stereocenters. The summed E-state index contributed by atoms with van der Waals surface area (Å²) in [6.07, 6.45) is 9.21. The molecule has 4 heterocycles. The highest BCUT2D eigenvalue weighted by molar-refractivity contribution is 7.19. The van der Waals surface area contributed by atoms with E-state index in [1.807, 2.05) is 22.7 Å². The van der Waals surface area contributed by atoms with Crippen LogP contribution in [0.25, 0.3) is 52.8 Å². The Hall–Kier alpha value is -4.30. The maximum atomic E-state index is 7.65. The van der Waals surface area contributed by atoms with E-state index in [2.05, 4.69) is 168 Å². The number of hydrogen-bond acceptors (Lipinski definition) is 7. The lowest BCUT2D eigenvalue weighted by molar-refractivity contribution is 0.130. The number of aromatic nitrogens is 2. The zero-order valence-corrected chi connectivity index (χ0v) is 38.9. The monoisotopic (exact) mass is 836 g/mol. The first-order valence-corrected chi connectivity index (χ1v) is 23.8. The van der Waals surface area contributed by atoms with Gasteiger partial charge in [0.25, 0.3) is 0 Å². The first-order valence-electron chi connectivity index (χ1n) is 21.4. The molecular formula is C52H56N2O2S3. The largest absolute Gasteiger partial charge is 0.474 e. The highest BCUT2D eigenvalue weighted by Crippen LogP contribution is 2.60. The third kappa shape index (κ3) is 6.40. The van der Waals surface area contributed by atoms with E-state index in [9.17, 15) is 0 Å². The Morgan fingerprint density at radius 2 is 0.847 bits per heavy atom. The Morgan fingerprint density at radius 3 is 1.19 bits per heavy atom. The topological polar surface area (TPSA) is 44.2 Å². The van der Waals surface area contributed by atoms with Crippen molar-refractivity contribution in [2.75, 3.05) is 0 Å². The Morgan fingerprint density at radius 1 is 0.508 bits per heavy atom. The van der Waals surface area contributed by atoms with Crippen LogP contribution in [0.5, 0.6) is 11.5 Å². The normalized spacial score (nSPS) is 22.4. The third-order valence-corrected chi connectivity index (χ3v) is 15.6. The Labute approximate surface area is 363 Å². The molecule has 0 saturated carbocycles. The maximum absolute atomic E-state index is 7.65. The molecule has 6 aromatic rings. The van der Waals surface area contributed by atoms with Crippen molar-refractivity contribution in [3.05, 3.63) is 118 Å². The van der Waals surface area contributed by atoms with E-state index in [4.69, 9.17) is 18.2 Å². The summed E-state index contributed by atoms with van der Waals surface area (Å²) in [5.41, 5.74) is 12.9. The van der Waals surface area contributed by atoms with Crippen LogP contribution < -0.4 is 9.47 Å². The minimum absolute atomic E-state index is 0.267. The average molecular weight is 837 g/mol. The molecule has 0 radical (unpaired) electrons. The van der Waals surface area contributed by atoms with Crippen LogP contribution in [0.15, 0.2) is 96.1 Å². The summed E-state index contributed by atoms with van der Waals surface area (Å²) in [5, 5.41) is 0. The molecule has 0 bridgehead atoms. The molecule has 3 aliphatic rings. The summed E-state index contributed by atoms with van der Waals surface area (Å²) in [7, 11) is 0. The lowest BCUT2D eigenvalue weighted by Crippen LogP contribution is -2.49. The molecule has 7 heteroatoms. The van der Waals surface area contributed by atoms with Gasteiger partial charge in [-0.2, -0.15) is 8.75 Å². The summed E-state index contributed by atoms with van der Waals surface area (Å²) >= 11 is 4.91. The Bertz CT molecular complexity index is 2490. The molecule has 3 aromatic carbocycles. The van der Waals surface area contributed by atoms with Gasteiger partial charge in [0.2, 0.25) is 0 Å².